The summed E-state index contributed by atoms with van der Waals surface area (Å²) >= 11 is 0.194. The van der Waals surface area contributed by atoms with Crippen LogP contribution in [-0.4, -0.2) is 24.1 Å². The summed E-state index contributed by atoms with van der Waals surface area (Å²) in [6.07, 6.45) is 2.20. The first-order chi connectivity index (χ1) is 20.1. The fourth-order valence-corrected chi connectivity index (χ4v) is 8.15. The monoisotopic (exact) mass is 653 g/mol. The molecule has 1 aliphatic rings. The normalized spacial score (nSPS) is 13.8. The molecule has 0 heterocycles. The molecule has 0 spiro atoms. The molecule has 0 saturated carbocycles. The van der Waals surface area contributed by atoms with E-state index in [4.69, 9.17) is 30.2 Å². The Hall–Kier alpha value is -2.77. The third-order valence-electron chi connectivity index (χ3n) is 7.40. The molecule has 0 saturated heterocycles. The van der Waals surface area contributed by atoms with Gasteiger partial charge >= 0.3 is 33.3 Å². The molecule has 216 valence electrons. The van der Waals surface area contributed by atoms with E-state index in [1.54, 1.807) is 0 Å². The summed E-state index contributed by atoms with van der Waals surface area (Å²) in [5.41, 5.74) is 7.88. The van der Waals surface area contributed by atoms with E-state index < -0.39 is 7.92 Å². The molecule has 0 N–H and O–H groups in total. The predicted octanol–water partition coefficient (Wildman–Crippen LogP) is 9.65. The van der Waals surface area contributed by atoms with Crippen LogP contribution in [0.4, 0.5) is 5.69 Å². The van der Waals surface area contributed by atoms with Crippen molar-refractivity contribution in [1.29, 1.82) is 0 Å². The van der Waals surface area contributed by atoms with Crippen molar-refractivity contribution in [2.45, 2.75) is 27.7 Å². The topological polar surface area (TPSA) is 24.7 Å². The van der Waals surface area contributed by atoms with Gasteiger partial charge in [0.15, 0.2) is 0 Å². The Labute approximate surface area is 266 Å². The Kier molecular flexibility index (Phi) is 12.0. The zero-order valence-electron chi connectivity index (χ0n) is 23.1. The van der Waals surface area contributed by atoms with Crippen molar-refractivity contribution >= 4 is 66.6 Å². The number of aliphatic imine (C=N–C) groups is 2. The molecule has 42 heavy (non-hydrogen) atoms. The molecule has 0 bridgehead atoms. The van der Waals surface area contributed by atoms with Gasteiger partial charge in [-0.15, -0.1) is 0 Å². The number of aryl methyl sites for hydroxylation is 2. The molecule has 0 unspecified atom stereocenters. The molecule has 0 fully saturated rings. The summed E-state index contributed by atoms with van der Waals surface area (Å²) in [5, 5.41) is 5.45. The molecule has 2 nitrogen and oxygen atoms in total. The summed E-state index contributed by atoms with van der Waals surface area (Å²) in [6, 6.07) is 41.5. The van der Waals surface area contributed by atoms with Crippen LogP contribution in [0.1, 0.15) is 36.1 Å². The van der Waals surface area contributed by atoms with Crippen LogP contribution in [0.5, 0.6) is 0 Å². The maximum absolute atomic E-state index is 5.28. The standard InChI is InChI=1S/C35H31N2P.CH4.2ClH.Fe/c1-25-13-9-14-26(2)33(25)37-35-31-22-11-16-27-15-10-21-30(32(27)31)34(35)36-23-12-24-38(28-17-5-3-6-18-28)29-19-7-4-8-20-29;;;;/h3-11,13-22H,12,23-24H2,1-2H3;1H4;2*1H;/q;;;;+2/p-1. The van der Waals surface area contributed by atoms with Crippen molar-refractivity contribution in [2.24, 2.45) is 9.98 Å². The van der Waals surface area contributed by atoms with E-state index in [1.807, 2.05) is 0 Å². The van der Waals surface area contributed by atoms with E-state index in [0.29, 0.717) is 0 Å². The summed E-state index contributed by atoms with van der Waals surface area (Å²) in [4.78, 5) is 10.5. The molecule has 1 aliphatic carbocycles. The Morgan fingerprint density at radius 2 is 1.14 bits per heavy atom. The maximum atomic E-state index is 5.28. The van der Waals surface area contributed by atoms with Gasteiger partial charge < -0.3 is 0 Å². The quantitative estimate of drug-likeness (QED) is 0.0949. The summed E-state index contributed by atoms with van der Waals surface area (Å²) in [6.45, 7) is 5.07. The van der Waals surface area contributed by atoms with Gasteiger partial charge in [0.1, 0.15) is 0 Å². The van der Waals surface area contributed by atoms with Crippen LogP contribution in [0, 0.1) is 13.8 Å². The third-order valence-corrected chi connectivity index (χ3v) is 10.3. The SMILES string of the molecule is C.Cc1cccc(C)c1N=C1C(=NCCC[PH+](c2ccccc2)c2ccccc2)c2cccc3cccc1c23.[Cl][Fe][Cl]. The average Bonchev–Trinajstić information content (AvgIpc) is 3.30. The Morgan fingerprint density at radius 1 is 0.643 bits per heavy atom. The molecule has 0 radical (unpaired) electrons. The fourth-order valence-electron chi connectivity index (χ4n) is 5.54. The van der Waals surface area contributed by atoms with Gasteiger partial charge in [0.05, 0.1) is 41.8 Å². The van der Waals surface area contributed by atoms with Gasteiger partial charge in [-0.3, -0.25) is 4.99 Å². The van der Waals surface area contributed by atoms with E-state index in [0.717, 1.165) is 36.2 Å². The molecule has 5 aromatic rings. The number of hydrogen-bond acceptors (Lipinski definition) is 2. The van der Waals surface area contributed by atoms with Crippen molar-refractivity contribution in [2.75, 3.05) is 12.7 Å². The molecule has 6 rings (SSSR count). The molecule has 5 aromatic carbocycles. The van der Waals surface area contributed by atoms with E-state index in [2.05, 4.69) is 129 Å². The zero-order chi connectivity index (χ0) is 28.6. The van der Waals surface area contributed by atoms with E-state index in [-0.39, 0.29) is 20.6 Å². The molecular formula is C36H36Cl2FeN2P+. The minimum absolute atomic E-state index is 0. The van der Waals surface area contributed by atoms with Crippen LogP contribution in [0.15, 0.2) is 125 Å². The molecule has 6 heteroatoms. The van der Waals surface area contributed by atoms with Gasteiger partial charge in [-0.2, -0.15) is 0 Å². The number of halogens is 2. The van der Waals surface area contributed by atoms with Crippen LogP contribution in [0.25, 0.3) is 10.8 Å². The predicted molar refractivity (Wildman–Crippen MR) is 186 cm³/mol. The third kappa shape index (κ3) is 7.23. The fraction of sp³-hybridized carbons (Fsp3) is 0.167. The van der Waals surface area contributed by atoms with Gasteiger partial charge in [-0.05, 0) is 54.6 Å². The van der Waals surface area contributed by atoms with Crippen molar-refractivity contribution < 1.29 is 13.1 Å². The number of nitrogens with zero attached hydrogens (tertiary/aromatic N) is 2. The molecular weight excluding hydrogens is 618 g/mol. The van der Waals surface area contributed by atoms with E-state index in [9.17, 15) is 0 Å². The van der Waals surface area contributed by atoms with Crippen molar-refractivity contribution in [3.63, 3.8) is 0 Å². The Bertz CT molecular complexity index is 1620. The number of benzene rings is 5. The number of hydrogen-bond donors (Lipinski definition) is 0. The summed E-state index contributed by atoms with van der Waals surface area (Å²) < 4.78 is 0. The Balaban J connectivity index is 0.000000972. The van der Waals surface area contributed by atoms with Gasteiger partial charge in [-0.25, -0.2) is 4.99 Å². The Morgan fingerprint density at radius 3 is 1.69 bits per heavy atom. The minimum atomic E-state index is -0.860. The van der Waals surface area contributed by atoms with E-state index >= 15 is 0 Å². The van der Waals surface area contributed by atoms with Crippen molar-refractivity contribution in [3.05, 3.63) is 138 Å². The first-order valence-corrected chi connectivity index (χ1v) is 18.4. The second-order valence-corrected chi connectivity index (χ2v) is 14.4. The van der Waals surface area contributed by atoms with Crippen LogP contribution in [0.3, 0.4) is 0 Å². The summed E-state index contributed by atoms with van der Waals surface area (Å²) in [5.74, 6) is 0. The summed E-state index contributed by atoms with van der Waals surface area (Å²) in [7, 11) is 8.67. The molecule has 0 atom stereocenters. The second kappa shape index (κ2) is 15.6. The first kappa shape index (κ1) is 32.1. The van der Waals surface area contributed by atoms with Gasteiger partial charge in [-0.1, -0.05) is 98.4 Å². The van der Waals surface area contributed by atoms with Crippen LogP contribution < -0.4 is 10.6 Å². The van der Waals surface area contributed by atoms with Gasteiger partial charge in [0.25, 0.3) is 0 Å². The van der Waals surface area contributed by atoms with Crippen molar-refractivity contribution in [1.82, 2.24) is 0 Å². The number of para-hydroxylation sites is 1. The molecule has 0 amide bonds. The van der Waals surface area contributed by atoms with Crippen LogP contribution in [0.2, 0.25) is 0 Å². The van der Waals surface area contributed by atoms with Gasteiger partial charge in [0.2, 0.25) is 0 Å². The average molecular weight is 654 g/mol. The van der Waals surface area contributed by atoms with Gasteiger partial charge in [0, 0.05) is 29.5 Å². The molecule has 0 aromatic heterocycles. The second-order valence-electron chi connectivity index (χ2n) is 10.0. The van der Waals surface area contributed by atoms with Crippen molar-refractivity contribution in [3.8, 4) is 0 Å². The molecule has 0 aliphatic heterocycles. The number of rotatable bonds is 7. The van der Waals surface area contributed by atoms with Crippen LogP contribution in [-0.2, 0) is 13.1 Å². The van der Waals surface area contributed by atoms with Crippen LogP contribution >= 0.6 is 28.1 Å². The first-order valence-electron chi connectivity index (χ1n) is 13.7. The van der Waals surface area contributed by atoms with E-state index in [1.165, 1.54) is 43.6 Å². The zero-order valence-corrected chi connectivity index (χ0v) is 26.7.